The van der Waals surface area contributed by atoms with Gasteiger partial charge in [-0.3, -0.25) is 0 Å². The fourth-order valence-electron chi connectivity index (χ4n) is 4.04. The van der Waals surface area contributed by atoms with Crippen LogP contribution in [-0.4, -0.2) is 6.54 Å². The first-order valence-corrected chi connectivity index (χ1v) is 7.67. The molecule has 0 saturated heterocycles. The molecule has 1 saturated carbocycles. The van der Waals surface area contributed by atoms with Gasteiger partial charge in [-0.05, 0) is 54.2 Å². The lowest BCUT2D eigenvalue weighted by Crippen LogP contribution is -2.23. The molecule has 0 aliphatic heterocycles. The summed E-state index contributed by atoms with van der Waals surface area (Å²) >= 11 is 0. The molecule has 0 bridgehead atoms. The van der Waals surface area contributed by atoms with Crippen LogP contribution in [0.5, 0.6) is 0 Å². The molecule has 2 aliphatic rings. The fraction of sp³-hybridized carbons (Fsp3) is 0.667. The molecule has 19 heavy (non-hydrogen) atoms. The molecule has 1 nitrogen and oxygen atoms in total. The number of rotatable bonds is 3. The van der Waals surface area contributed by atoms with Crippen molar-refractivity contribution in [2.45, 2.75) is 53.5 Å². The van der Waals surface area contributed by atoms with Gasteiger partial charge in [-0.15, -0.1) is 0 Å². The van der Waals surface area contributed by atoms with Crippen LogP contribution in [0, 0.1) is 23.7 Å². The predicted molar refractivity (Wildman–Crippen MR) is 81.3 cm³/mol. The summed E-state index contributed by atoms with van der Waals surface area (Å²) in [6.07, 6.45) is 2.51. The molecule has 0 amide bonds. The minimum atomic E-state index is 0.494. The summed E-state index contributed by atoms with van der Waals surface area (Å²) in [5.41, 5.74) is 5.48. The Balaban J connectivity index is 1.67. The monoisotopic (exact) mass is 257 g/mol. The number of hydrogen-bond donors (Lipinski definition) is 1. The van der Waals surface area contributed by atoms with Gasteiger partial charge in [-0.25, -0.2) is 0 Å². The van der Waals surface area contributed by atoms with E-state index in [1.54, 1.807) is 11.1 Å². The quantitative estimate of drug-likeness (QED) is 0.853. The molecular formula is C18H27N. The second-order valence-corrected chi connectivity index (χ2v) is 7.70. The van der Waals surface area contributed by atoms with Gasteiger partial charge in [0.1, 0.15) is 0 Å². The van der Waals surface area contributed by atoms with Gasteiger partial charge in [0, 0.05) is 6.04 Å². The van der Waals surface area contributed by atoms with Crippen LogP contribution in [0.15, 0.2) is 18.2 Å². The lowest BCUT2D eigenvalue weighted by atomic mass is 10.0. The molecule has 1 unspecified atom stereocenters. The van der Waals surface area contributed by atoms with E-state index in [1.165, 1.54) is 18.4 Å². The Hall–Kier alpha value is -0.820. The summed E-state index contributed by atoms with van der Waals surface area (Å²) in [7, 11) is 0. The SMILES string of the molecule is Cc1ccc2c(c1)C(NCC1C(C)(C)C1(C)C)CC2. The molecule has 0 spiro atoms. The van der Waals surface area contributed by atoms with Crippen molar-refractivity contribution < 1.29 is 0 Å². The molecule has 1 aromatic carbocycles. The van der Waals surface area contributed by atoms with Gasteiger partial charge in [0.15, 0.2) is 0 Å². The Bertz CT molecular complexity index is 484. The fourth-order valence-corrected chi connectivity index (χ4v) is 4.04. The highest BCUT2D eigenvalue weighted by atomic mass is 15.0. The maximum absolute atomic E-state index is 3.84. The molecule has 104 valence electrons. The van der Waals surface area contributed by atoms with Crippen LogP contribution in [0.1, 0.15) is 56.8 Å². The van der Waals surface area contributed by atoms with Gasteiger partial charge in [0.2, 0.25) is 0 Å². The summed E-state index contributed by atoms with van der Waals surface area (Å²) in [6, 6.07) is 7.52. The number of hydrogen-bond acceptors (Lipinski definition) is 1. The van der Waals surface area contributed by atoms with Crippen LogP contribution >= 0.6 is 0 Å². The highest BCUT2D eigenvalue weighted by molar-refractivity contribution is 5.37. The van der Waals surface area contributed by atoms with E-state index in [9.17, 15) is 0 Å². The molecule has 1 N–H and O–H groups in total. The summed E-state index contributed by atoms with van der Waals surface area (Å²) in [5, 5.41) is 3.84. The number of fused-ring (bicyclic) bond motifs is 1. The molecule has 2 aliphatic carbocycles. The average molecular weight is 257 g/mol. The van der Waals surface area contributed by atoms with Crippen molar-refractivity contribution in [1.29, 1.82) is 0 Å². The van der Waals surface area contributed by atoms with Crippen LogP contribution < -0.4 is 5.32 Å². The van der Waals surface area contributed by atoms with E-state index in [0.29, 0.717) is 16.9 Å². The van der Waals surface area contributed by atoms with Crippen molar-refractivity contribution >= 4 is 0 Å². The topological polar surface area (TPSA) is 12.0 Å². The molecule has 1 aromatic rings. The van der Waals surface area contributed by atoms with Crippen LogP contribution in [-0.2, 0) is 6.42 Å². The van der Waals surface area contributed by atoms with Gasteiger partial charge < -0.3 is 5.32 Å². The van der Waals surface area contributed by atoms with Crippen molar-refractivity contribution in [3.05, 3.63) is 34.9 Å². The van der Waals surface area contributed by atoms with Crippen molar-refractivity contribution in [2.75, 3.05) is 6.54 Å². The molecule has 1 atom stereocenters. The van der Waals surface area contributed by atoms with E-state index in [0.717, 1.165) is 12.5 Å². The second-order valence-electron chi connectivity index (χ2n) is 7.70. The average Bonchev–Trinajstić information content (AvgIpc) is 2.64. The minimum Gasteiger partial charge on any atom is -0.310 e. The Labute approximate surface area is 117 Å². The molecule has 0 radical (unpaired) electrons. The molecule has 3 rings (SSSR count). The van der Waals surface area contributed by atoms with Gasteiger partial charge in [0.25, 0.3) is 0 Å². The van der Waals surface area contributed by atoms with Gasteiger partial charge in [-0.1, -0.05) is 51.5 Å². The lowest BCUT2D eigenvalue weighted by Gasteiger charge is -2.15. The van der Waals surface area contributed by atoms with E-state index < -0.39 is 0 Å². The summed E-state index contributed by atoms with van der Waals surface area (Å²) in [6.45, 7) is 13.0. The largest absolute Gasteiger partial charge is 0.310 e. The van der Waals surface area contributed by atoms with E-state index in [1.807, 2.05) is 0 Å². The number of nitrogens with one attached hydrogen (secondary N) is 1. The third kappa shape index (κ3) is 1.94. The molecular weight excluding hydrogens is 230 g/mol. The first-order chi connectivity index (χ1) is 8.84. The van der Waals surface area contributed by atoms with Crippen LogP contribution in [0.2, 0.25) is 0 Å². The van der Waals surface area contributed by atoms with Gasteiger partial charge >= 0.3 is 0 Å². The Kier molecular flexibility index (Phi) is 2.83. The minimum absolute atomic E-state index is 0.494. The second kappa shape index (κ2) is 4.09. The first-order valence-electron chi connectivity index (χ1n) is 7.67. The van der Waals surface area contributed by atoms with E-state index in [-0.39, 0.29) is 0 Å². The smallest absolute Gasteiger partial charge is 0.0326 e. The molecule has 0 aromatic heterocycles. The Morgan fingerprint density at radius 3 is 2.47 bits per heavy atom. The number of aryl methyl sites for hydroxylation is 2. The lowest BCUT2D eigenvalue weighted by molar-refractivity contribution is 0.457. The maximum atomic E-state index is 3.84. The highest BCUT2D eigenvalue weighted by Crippen LogP contribution is 2.68. The highest BCUT2D eigenvalue weighted by Gasteiger charge is 2.63. The summed E-state index contributed by atoms with van der Waals surface area (Å²) < 4.78 is 0. The van der Waals surface area contributed by atoms with Crippen LogP contribution in [0.25, 0.3) is 0 Å². The number of benzene rings is 1. The zero-order valence-corrected chi connectivity index (χ0v) is 13.0. The standard InChI is InChI=1S/C18H27N/c1-12-6-7-13-8-9-15(14(13)10-12)19-11-16-17(2,3)18(16,4)5/h6-7,10,15-16,19H,8-9,11H2,1-5H3. The summed E-state index contributed by atoms with van der Waals surface area (Å²) in [5.74, 6) is 0.814. The Morgan fingerprint density at radius 2 is 1.84 bits per heavy atom. The molecule has 1 fully saturated rings. The molecule has 0 heterocycles. The first kappa shape index (κ1) is 13.2. The van der Waals surface area contributed by atoms with Crippen LogP contribution in [0.4, 0.5) is 0 Å². The van der Waals surface area contributed by atoms with Crippen molar-refractivity contribution in [1.82, 2.24) is 5.32 Å². The van der Waals surface area contributed by atoms with E-state index in [4.69, 9.17) is 0 Å². The maximum Gasteiger partial charge on any atom is 0.0326 e. The Morgan fingerprint density at radius 1 is 1.16 bits per heavy atom. The summed E-state index contributed by atoms with van der Waals surface area (Å²) in [4.78, 5) is 0. The van der Waals surface area contributed by atoms with Gasteiger partial charge in [0.05, 0.1) is 0 Å². The van der Waals surface area contributed by atoms with E-state index in [2.05, 4.69) is 58.1 Å². The molecule has 1 heteroatoms. The van der Waals surface area contributed by atoms with Crippen LogP contribution in [0.3, 0.4) is 0 Å². The van der Waals surface area contributed by atoms with E-state index >= 15 is 0 Å². The van der Waals surface area contributed by atoms with Crippen molar-refractivity contribution in [3.63, 3.8) is 0 Å². The normalized spacial score (nSPS) is 27.3. The predicted octanol–water partition coefficient (Wildman–Crippen LogP) is 4.25. The third-order valence-corrected chi connectivity index (χ3v) is 6.27. The third-order valence-electron chi connectivity index (χ3n) is 6.27. The zero-order valence-electron chi connectivity index (χ0n) is 13.0. The van der Waals surface area contributed by atoms with Crippen molar-refractivity contribution in [3.8, 4) is 0 Å². The zero-order chi connectivity index (χ0) is 13.8. The van der Waals surface area contributed by atoms with Gasteiger partial charge in [-0.2, -0.15) is 0 Å². The van der Waals surface area contributed by atoms with Crippen molar-refractivity contribution in [2.24, 2.45) is 16.7 Å².